The summed E-state index contributed by atoms with van der Waals surface area (Å²) < 4.78 is 0. The molecule has 5 rings (SSSR count). The number of rotatable bonds is 3. The molecule has 0 radical (unpaired) electrons. The number of aliphatic hydroxyl groups is 2. The molecule has 34 heavy (non-hydrogen) atoms. The average Bonchev–Trinajstić information content (AvgIpc) is 3.16. The van der Waals surface area contributed by atoms with Crippen molar-refractivity contribution in [2.24, 2.45) is 62.6 Å². The highest BCUT2D eigenvalue weighted by Gasteiger charge is 2.71. The van der Waals surface area contributed by atoms with Crippen molar-refractivity contribution in [2.45, 2.75) is 112 Å². The van der Waals surface area contributed by atoms with E-state index in [9.17, 15) is 20.1 Å². The first-order valence-electron chi connectivity index (χ1n) is 14.3. The van der Waals surface area contributed by atoms with E-state index in [-0.39, 0.29) is 51.6 Å². The Hall–Kier alpha value is -0.610. The first-order valence-corrected chi connectivity index (χ1v) is 14.3. The van der Waals surface area contributed by atoms with Gasteiger partial charge < -0.3 is 15.3 Å². The molecule has 0 aromatic carbocycles. The fourth-order valence-electron chi connectivity index (χ4n) is 11.8. The molecule has 3 N–H and O–H groups in total. The molecule has 0 spiro atoms. The van der Waals surface area contributed by atoms with Gasteiger partial charge in [-0.3, -0.25) is 4.79 Å². The molecule has 4 heteroatoms. The minimum Gasteiger partial charge on any atom is -0.481 e. The van der Waals surface area contributed by atoms with E-state index in [1.54, 1.807) is 0 Å². The molecule has 0 amide bonds. The molecule has 0 aromatic heterocycles. The van der Waals surface area contributed by atoms with Gasteiger partial charge in [0.25, 0.3) is 0 Å². The van der Waals surface area contributed by atoms with E-state index in [0.717, 1.165) is 32.1 Å². The number of aliphatic carboxylic acids is 1. The van der Waals surface area contributed by atoms with Crippen LogP contribution in [0.4, 0.5) is 0 Å². The lowest BCUT2D eigenvalue weighted by Crippen LogP contribution is -2.67. The van der Waals surface area contributed by atoms with Crippen LogP contribution in [0, 0.1) is 62.6 Å². The highest BCUT2D eigenvalue weighted by atomic mass is 16.4. The van der Waals surface area contributed by atoms with Crippen molar-refractivity contribution in [3.05, 3.63) is 0 Å². The van der Waals surface area contributed by atoms with Gasteiger partial charge in [-0.15, -0.1) is 0 Å². The number of carbonyl (C=O) groups is 1. The van der Waals surface area contributed by atoms with E-state index in [4.69, 9.17) is 0 Å². The summed E-state index contributed by atoms with van der Waals surface area (Å²) in [6.07, 6.45) is 10.8. The van der Waals surface area contributed by atoms with Gasteiger partial charge in [0.1, 0.15) is 0 Å². The lowest BCUT2D eigenvalue weighted by molar-refractivity contribution is -0.251. The molecule has 5 aliphatic rings. The van der Waals surface area contributed by atoms with Crippen LogP contribution in [0.5, 0.6) is 0 Å². The summed E-state index contributed by atoms with van der Waals surface area (Å²) in [5, 5.41) is 31.5. The maximum absolute atomic E-state index is 12.1. The Balaban J connectivity index is 1.54. The largest absolute Gasteiger partial charge is 0.481 e. The summed E-state index contributed by atoms with van der Waals surface area (Å²) in [6.45, 7) is 14.5. The molecular weight excluding hydrogens is 424 g/mol. The topological polar surface area (TPSA) is 77.8 Å². The Morgan fingerprint density at radius 1 is 0.853 bits per heavy atom. The number of aliphatic hydroxyl groups excluding tert-OH is 2. The Morgan fingerprint density at radius 3 is 2.21 bits per heavy atom. The summed E-state index contributed by atoms with van der Waals surface area (Å²) in [5.41, 5.74) is 0.589. The molecule has 0 bridgehead atoms. The molecule has 194 valence electrons. The summed E-state index contributed by atoms with van der Waals surface area (Å²) in [4.78, 5) is 12.1. The number of hydrogen-bond donors (Lipinski definition) is 3. The molecular formula is C30H50O4. The van der Waals surface area contributed by atoms with E-state index in [0.29, 0.717) is 23.7 Å². The van der Waals surface area contributed by atoms with Gasteiger partial charge in [-0.05, 0) is 121 Å². The lowest BCUT2D eigenvalue weighted by atomic mass is 9.32. The van der Waals surface area contributed by atoms with E-state index < -0.39 is 5.97 Å². The van der Waals surface area contributed by atoms with Crippen molar-refractivity contribution >= 4 is 5.97 Å². The highest BCUT2D eigenvalue weighted by Crippen LogP contribution is 2.77. The Bertz CT molecular complexity index is 838. The molecule has 11 atom stereocenters. The molecule has 5 saturated carbocycles. The van der Waals surface area contributed by atoms with E-state index in [2.05, 4.69) is 34.6 Å². The first-order chi connectivity index (χ1) is 15.8. The van der Waals surface area contributed by atoms with Crippen molar-refractivity contribution in [3.8, 4) is 0 Å². The van der Waals surface area contributed by atoms with Crippen molar-refractivity contribution in [2.75, 3.05) is 6.61 Å². The fraction of sp³-hybridized carbons (Fsp3) is 0.967. The second-order valence-corrected chi connectivity index (χ2v) is 14.9. The SMILES string of the molecule is C[C@H](C(=O)O)[C@H]1CC[C@@]2(CO)CC[C@]3(C)[C@@H](CC[C@@H]4[C@]5(C)CC[C@H](O)C(C)(C)[C@@H]5CC[C@@]43C)[C@H]12. The van der Waals surface area contributed by atoms with Crippen LogP contribution in [0.3, 0.4) is 0 Å². The van der Waals surface area contributed by atoms with Crippen molar-refractivity contribution in [1.29, 1.82) is 0 Å². The minimum absolute atomic E-state index is 0.0296. The zero-order valence-electron chi connectivity index (χ0n) is 22.6. The number of hydrogen-bond acceptors (Lipinski definition) is 3. The number of carboxylic acid groups (broad SMARTS) is 1. The summed E-state index contributed by atoms with van der Waals surface area (Å²) in [5.74, 6) is 1.24. The predicted molar refractivity (Wildman–Crippen MR) is 134 cm³/mol. The van der Waals surface area contributed by atoms with Crippen LogP contribution in [-0.4, -0.2) is 34.0 Å². The van der Waals surface area contributed by atoms with Crippen LogP contribution < -0.4 is 0 Å². The Morgan fingerprint density at radius 2 is 1.56 bits per heavy atom. The third kappa shape index (κ3) is 2.93. The quantitative estimate of drug-likeness (QED) is 0.459. The third-order valence-electron chi connectivity index (χ3n) is 14.0. The van der Waals surface area contributed by atoms with Gasteiger partial charge in [-0.25, -0.2) is 0 Å². The highest BCUT2D eigenvalue weighted by molar-refractivity contribution is 5.70. The average molecular weight is 475 g/mol. The monoisotopic (exact) mass is 474 g/mol. The molecule has 4 nitrogen and oxygen atoms in total. The molecule has 0 heterocycles. The zero-order chi connectivity index (χ0) is 24.9. The smallest absolute Gasteiger partial charge is 0.306 e. The van der Waals surface area contributed by atoms with Crippen molar-refractivity contribution in [1.82, 2.24) is 0 Å². The van der Waals surface area contributed by atoms with Crippen LogP contribution in [0.2, 0.25) is 0 Å². The molecule has 0 unspecified atom stereocenters. The van der Waals surface area contributed by atoms with Crippen LogP contribution in [-0.2, 0) is 4.79 Å². The maximum atomic E-state index is 12.1. The van der Waals surface area contributed by atoms with E-state index in [1.807, 2.05) is 6.92 Å². The first kappa shape index (κ1) is 25.1. The Labute approximate surface area is 207 Å². The maximum Gasteiger partial charge on any atom is 0.306 e. The zero-order valence-corrected chi connectivity index (χ0v) is 22.6. The van der Waals surface area contributed by atoms with Gasteiger partial charge in [0.2, 0.25) is 0 Å². The summed E-state index contributed by atoms with van der Waals surface area (Å²) in [6, 6.07) is 0. The molecule has 0 saturated heterocycles. The van der Waals surface area contributed by atoms with Gasteiger partial charge in [0.15, 0.2) is 0 Å². The molecule has 5 aliphatic carbocycles. The fourth-order valence-corrected chi connectivity index (χ4v) is 11.8. The van der Waals surface area contributed by atoms with E-state index >= 15 is 0 Å². The van der Waals surface area contributed by atoms with Crippen molar-refractivity contribution in [3.63, 3.8) is 0 Å². The van der Waals surface area contributed by atoms with Gasteiger partial charge in [0, 0.05) is 6.61 Å². The summed E-state index contributed by atoms with van der Waals surface area (Å²) >= 11 is 0. The van der Waals surface area contributed by atoms with Crippen molar-refractivity contribution < 1.29 is 20.1 Å². The van der Waals surface area contributed by atoms with E-state index in [1.165, 1.54) is 32.1 Å². The molecule has 0 aromatic rings. The van der Waals surface area contributed by atoms with Crippen LogP contribution in [0.1, 0.15) is 106 Å². The van der Waals surface area contributed by atoms with Crippen LogP contribution >= 0.6 is 0 Å². The predicted octanol–water partition coefficient (Wildman–Crippen LogP) is 6.14. The third-order valence-corrected chi connectivity index (χ3v) is 14.0. The second kappa shape index (κ2) is 7.70. The lowest BCUT2D eigenvalue weighted by Gasteiger charge is -2.73. The standard InChI is InChI=1S/C30H50O4/c1-18(25(33)34)19-9-14-30(17-31)16-15-28(5)20(24(19)30)7-8-22-27(4)12-11-23(32)26(2,3)21(27)10-13-29(22,28)6/h18-24,31-32H,7-17H2,1-6H3,(H,33,34)/t18-,19+,20-,21-,22+,23-,24-,27+,28+,29-,30-/m0/s1. The Kier molecular flexibility index (Phi) is 5.67. The van der Waals surface area contributed by atoms with Gasteiger partial charge in [-0.2, -0.15) is 0 Å². The minimum atomic E-state index is -0.665. The van der Waals surface area contributed by atoms with Crippen LogP contribution in [0.15, 0.2) is 0 Å². The van der Waals surface area contributed by atoms with Gasteiger partial charge >= 0.3 is 5.97 Å². The summed E-state index contributed by atoms with van der Waals surface area (Å²) in [7, 11) is 0. The van der Waals surface area contributed by atoms with Crippen LogP contribution in [0.25, 0.3) is 0 Å². The number of fused-ring (bicyclic) bond motifs is 7. The normalized spacial score (nSPS) is 54.8. The molecule has 5 fully saturated rings. The van der Waals surface area contributed by atoms with Gasteiger partial charge in [-0.1, -0.05) is 41.5 Å². The number of carboxylic acids is 1. The van der Waals surface area contributed by atoms with Gasteiger partial charge in [0.05, 0.1) is 12.0 Å². The second-order valence-electron chi connectivity index (χ2n) is 14.9. The molecule has 0 aliphatic heterocycles.